The number of oxime groups is 1. The molecule has 0 bridgehead atoms. The first-order valence-corrected chi connectivity index (χ1v) is 6.58. The minimum absolute atomic E-state index is 0.0430. The standard InChI is InChI=1S/C13H23N3O2/c1-9-6-13(7-9,10(14)15-18)11(17)16-5-4-12(2,3)8-16/h9,18H,4-8H2,1-3H3,(H2,14,15). The van der Waals surface area contributed by atoms with Gasteiger partial charge in [-0.25, -0.2) is 0 Å². The lowest BCUT2D eigenvalue weighted by Gasteiger charge is -2.45. The second kappa shape index (κ2) is 4.14. The Kier molecular flexibility index (Phi) is 3.03. The predicted molar refractivity (Wildman–Crippen MR) is 69.2 cm³/mol. The van der Waals surface area contributed by atoms with Crippen LogP contribution in [-0.4, -0.2) is 34.9 Å². The van der Waals surface area contributed by atoms with E-state index in [0.717, 1.165) is 19.5 Å². The second-order valence-electron chi connectivity index (χ2n) is 6.72. The fourth-order valence-corrected chi connectivity index (χ4v) is 3.31. The Labute approximate surface area is 108 Å². The van der Waals surface area contributed by atoms with Gasteiger partial charge in [-0.2, -0.15) is 0 Å². The summed E-state index contributed by atoms with van der Waals surface area (Å²) in [5, 5.41) is 12.0. The van der Waals surface area contributed by atoms with Crippen molar-refractivity contribution in [3.63, 3.8) is 0 Å². The monoisotopic (exact) mass is 253 g/mol. The van der Waals surface area contributed by atoms with Gasteiger partial charge in [-0.1, -0.05) is 25.9 Å². The summed E-state index contributed by atoms with van der Waals surface area (Å²) in [6.07, 6.45) is 2.40. The molecular formula is C13H23N3O2. The summed E-state index contributed by atoms with van der Waals surface area (Å²) in [6.45, 7) is 7.96. The molecule has 1 heterocycles. The van der Waals surface area contributed by atoms with E-state index < -0.39 is 5.41 Å². The number of hydrogen-bond donors (Lipinski definition) is 2. The first-order chi connectivity index (χ1) is 8.31. The fourth-order valence-electron chi connectivity index (χ4n) is 3.31. The Morgan fingerprint density at radius 1 is 1.44 bits per heavy atom. The SMILES string of the molecule is CC1CC(C(=O)N2CCC(C)(C)C2)(C(N)=NO)C1. The number of nitrogens with zero attached hydrogens (tertiary/aromatic N) is 2. The largest absolute Gasteiger partial charge is 0.409 e. The van der Waals surface area contributed by atoms with Crippen LogP contribution >= 0.6 is 0 Å². The van der Waals surface area contributed by atoms with Crippen LogP contribution in [-0.2, 0) is 4.79 Å². The van der Waals surface area contributed by atoms with Crippen LogP contribution in [0.15, 0.2) is 5.16 Å². The number of hydrogen-bond acceptors (Lipinski definition) is 3. The Morgan fingerprint density at radius 2 is 2.06 bits per heavy atom. The van der Waals surface area contributed by atoms with E-state index in [1.807, 2.05) is 4.90 Å². The summed E-state index contributed by atoms with van der Waals surface area (Å²) in [6, 6.07) is 0. The lowest BCUT2D eigenvalue weighted by molar-refractivity contribution is -0.143. The molecule has 0 radical (unpaired) electrons. The zero-order chi connectivity index (χ0) is 13.6. The molecule has 102 valence electrons. The van der Waals surface area contributed by atoms with Gasteiger partial charge in [-0.15, -0.1) is 0 Å². The van der Waals surface area contributed by atoms with Crippen molar-refractivity contribution in [3.8, 4) is 0 Å². The summed E-state index contributed by atoms with van der Waals surface area (Å²) in [5.74, 6) is 0.585. The molecule has 2 fully saturated rings. The summed E-state index contributed by atoms with van der Waals surface area (Å²) in [7, 11) is 0. The van der Waals surface area contributed by atoms with Gasteiger partial charge in [0.15, 0.2) is 5.84 Å². The zero-order valence-corrected chi connectivity index (χ0v) is 11.4. The molecule has 3 N–H and O–H groups in total. The average Bonchev–Trinajstić information content (AvgIpc) is 2.63. The number of carbonyl (C=O) groups is 1. The molecule has 1 amide bonds. The highest BCUT2D eigenvalue weighted by Gasteiger charge is 2.54. The van der Waals surface area contributed by atoms with Crippen molar-refractivity contribution in [2.24, 2.45) is 27.6 Å². The molecule has 0 aromatic carbocycles. The Hall–Kier alpha value is -1.26. The molecule has 1 saturated carbocycles. The van der Waals surface area contributed by atoms with E-state index in [2.05, 4.69) is 25.9 Å². The molecule has 2 aliphatic rings. The Bertz CT molecular complexity index is 384. The number of amidine groups is 1. The summed E-state index contributed by atoms with van der Waals surface area (Å²) in [5.41, 5.74) is 5.20. The summed E-state index contributed by atoms with van der Waals surface area (Å²) < 4.78 is 0. The Morgan fingerprint density at radius 3 is 2.44 bits per heavy atom. The molecule has 5 heteroatoms. The van der Waals surface area contributed by atoms with Crippen LogP contribution in [0.1, 0.15) is 40.0 Å². The number of rotatable bonds is 2. The second-order valence-corrected chi connectivity index (χ2v) is 6.72. The molecule has 0 aromatic rings. The van der Waals surface area contributed by atoms with Gasteiger partial charge in [0, 0.05) is 13.1 Å². The molecular weight excluding hydrogens is 230 g/mol. The van der Waals surface area contributed by atoms with Gasteiger partial charge in [0.2, 0.25) is 5.91 Å². The van der Waals surface area contributed by atoms with Crippen molar-refractivity contribution in [2.45, 2.75) is 40.0 Å². The molecule has 1 aliphatic carbocycles. The van der Waals surface area contributed by atoms with Crippen LogP contribution in [0.2, 0.25) is 0 Å². The van der Waals surface area contributed by atoms with Crippen molar-refractivity contribution in [1.82, 2.24) is 4.90 Å². The molecule has 0 aromatic heterocycles. The van der Waals surface area contributed by atoms with Gasteiger partial charge in [0.05, 0.1) is 0 Å². The lowest BCUT2D eigenvalue weighted by atomic mass is 9.61. The minimum Gasteiger partial charge on any atom is -0.409 e. The van der Waals surface area contributed by atoms with Crippen LogP contribution < -0.4 is 5.73 Å². The first kappa shape index (κ1) is 13.2. The topological polar surface area (TPSA) is 78.9 Å². The van der Waals surface area contributed by atoms with E-state index in [4.69, 9.17) is 10.9 Å². The third kappa shape index (κ3) is 1.95. The van der Waals surface area contributed by atoms with Crippen molar-refractivity contribution < 1.29 is 10.0 Å². The highest BCUT2D eigenvalue weighted by atomic mass is 16.4. The van der Waals surface area contributed by atoms with Gasteiger partial charge < -0.3 is 15.8 Å². The molecule has 0 unspecified atom stereocenters. The first-order valence-electron chi connectivity index (χ1n) is 6.58. The van der Waals surface area contributed by atoms with E-state index in [1.165, 1.54) is 0 Å². The van der Waals surface area contributed by atoms with Crippen molar-refractivity contribution in [2.75, 3.05) is 13.1 Å². The van der Waals surface area contributed by atoms with Gasteiger partial charge in [0.1, 0.15) is 5.41 Å². The third-order valence-corrected chi connectivity index (χ3v) is 4.37. The highest BCUT2D eigenvalue weighted by Crippen LogP contribution is 2.48. The molecule has 18 heavy (non-hydrogen) atoms. The van der Waals surface area contributed by atoms with Crippen LogP contribution in [0.25, 0.3) is 0 Å². The lowest BCUT2D eigenvalue weighted by Crippen LogP contribution is -2.57. The highest BCUT2D eigenvalue weighted by molar-refractivity contribution is 6.07. The van der Waals surface area contributed by atoms with Crippen LogP contribution in [0.4, 0.5) is 0 Å². The molecule has 5 nitrogen and oxygen atoms in total. The van der Waals surface area contributed by atoms with Gasteiger partial charge in [0.25, 0.3) is 0 Å². The quantitative estimate of drug-likeness (QED) is 0.338. The smallest absolute Gasteiger partial charge is 0.236 e. The van der Waals surface area contributed by atoms with Gasteiger partial charge >= 0.3 is 0 Å². The minimum atomic E-state index is -0.741. The van der Waals surface area contributed by atoms with E-state index in [-0.39, 0.29) is 17.2 Å². The van der Waals surface area contributed by atoms with E-state index in [9.17, 15) is 4.79 Å². The van der Waals surface area contributed by atoms with Gasteiger partial charge in [-0.3, -0.25) is 4.79 Å². The van der Waals surface area contributed by atoms with E-state index in [1.54, 1.807) is 0 Å². The van der Waals surface area contributed by atoms with Crippen molar-refractivity contribution in [3.05, 3.63) is 0 Å². The Balaban J connectivity index is 2.16. The van der Waals surface area contributed by atoms with Crippen LogP contribution in [0, 0.1) is 16.7 Å². The normalized spacial score (nSPS) is 35.4. The number of nitrogens with two attached hydrogens (primary N) is 1. The maximum absolute atomic E-state index is 12.6. The molecule has 0 atom stereocenters. The van der Waals surface area contributed by atoms with Crippen LogP contribution in [0.3, 0.4) is 0 Å². The third-order valence-electron chi connectivity index (χ3n) is 4.37. The number of likely N-dealkylation sites (tertiary alicyclic amines) is 1. The van der Waals surface area contributed by atoms with Crippen molar-refractivity contribution >= 4 is 11.7 Å². The molecule has 1 aliphatic heterocycles. The fraction of sp³-hybridized carbons (Fsp3) is 0.846. The van der Waals surface area contributed by atoms with Gasteiger partial charge in [-0.05, 0) is 30.6 Å². The maximum Gasteiger partial charge on any atom is 0.236 e. The zero-order valence-electron chi connectivity index (χ0n) is 11.4. The van der Waals surface area contributed by atoms with E-state index in [0.29, 0.717) is 18.8 Å². The molecule has 2 rings (SSSR count). The number of carbonyl (C=O) groups excluding carboxylic acids is 1. The van der Waals surface area contributed by atoms with Crippen LogP contribution in [0.5, 0.6) is 0 Å². The number of amides is 1. The maximum atomic E-state index is 12.6. The van der Waals surface area contributed by atoms with E-state index >= 15 is 0 Å². The summed E-state index contributed by atoms with van der Waals surface area (Å²) >= 11 is 0. The summed E-state index contributed by atoms with van der Waals surface area (Å²) in [4.78, 5) is 14.5. The predicted octanol–water partition coefficient (Wildman–Crippen LogP) is 1.41. The molecule has 0 spiro atoms. The average molecular weight is 253 g/mol. The van der Waals surface area contributed by atoms with Crippen molar-refractivity contribution in [1.29, 1.82) is 0 Å². The molecule has 1 saturated heterocycles.